The van der Waals surface area contributed by atoms with Crippen LogP contribution in [0, 0.1) is 17.1 Å². The molecule has 4 heteroatoms. The molecule has 0 saturated carbocycles. The van der Waals surface area contributed by atoms with Crippen molar-refractivity contribution in [1.82, 2.24) is 0 Å². The first-order chi connectivity index (χ1) is 9.67. The number of hydrogen-bond acceptors (Lipinski definition) is 3. The summed E-state index contributed by atoms with van der Waals surface area (Å²) in [7, 11) is 0. The van der Waals surface area contributed by atoms with E-state index in [0.29, 0.717) is 13.0 Å². The van der Waals surface area contributed by atoms with Crippen LogP contribution in [0.2, 0.25) is 0 Å². The zero-order chi connectivity index (χ0) is 14.1. The van der Waals surface area contributed by atoms with Crippen LogP contribution in [0.1, 0.15) is 11.1 Å². The maximum Gasteiger partial charge on any atom is 0.127 e. The lowest BCUT2D eigenvalue weighted by Gasteiger charge is -2.21. The quantitative estimate of drug-likeness (QED) is 0.911. The number of rotatable bonds is 2. The van der Waals surface area contributed by atoms with E-state index in [1.165, 1.54) is 12.1 Å². The zero-order valence-electron chi connectivity index (χ0n) is 10.8. The fourth-order valence-electron chi connectivity index (χ4n) is 2.44. The monoisotopic (exact) mass is 268 g/mol. The Morgan fingerprint density at radius 3 is 2.85 bits per heavy atom. The van der Waals surface area contributed by atoms with Crippen LogP contribution in [-0.2, 0) is 13.0 Å². The van der Waals surface area contributed by atoms with E-state index in [-0.39, 0.29) is 5.82 Å². The summed E-state index contributed by atoms with van der Waals surface area (Å²) < 4.78 is 18.9. The van der Waals surface area contributed by atoms with Crippen molar-refractivity contribution in [2.75, 3.05) is 0 Å². The number of halogens is 1. The van der Waals surface area contributed by atoms with Crippen molar-refractivity contribution < 1.29 is 9.13 Å². The highest BCUT2D eigenvalue weighted by Gasteiger charge is 2.18. The Hall–Kier alpha value is -2.38. The second kappa shape index (κ2) is 4.95. The topological polar surface area (TPSA) is 59.0 Å². The average molecular weight is 268 g/mol. The lowest BCUT2D eigenvalue weighted by molar-refractivity contribution is 0.301. The second-order valence-corrected chi connectivity index (χ2v) is 4.86. The van der Waals surface area contributed by atoms with Gasteiger partial charge >= 0.3 is 0 Å². The molecule has 20 heavy (non-hydrogen) atoms. The minimum absolute atomic E-state index is 0.257. The number of benzene rings is 2. The lowest BCUT2D eigenvalue weighted by Crippen LogP contribution is -2.20. The maximum absolute atomic E-state index is 13.2. The molecule has 0 fully saturated rings. The van der Waals surface area contributed by atoms with Gasteiger partial charge in [0.25, 0.3) is 0 Å². The van der Waals surface area contributed by atoms with E-state index in [0.717, 1.165) is 28.0 Å². The summed E-state index contributed by atoms with van der Waals surface area (Å²) in [6.07, 6.45) is 0.489. The molecular weight excluding hydrogens is 255 g/mol. The number of hydrogen-bond donors (Lipinski definition) is 1. The Balaban J connectivity index is 1.99. The van der Waals surface area contributed by atoms with Gasteiger partial charge in [0.05, 0.1) is 12.1 Å². The molecular formula is C16H13FN2O. The standard InChI is InChI=1S/C16H13FN2O/c17-12-2-4-14-11(7-12)9-20-16-6-10(1-3-15(14)16)5-13(19)8-18/h1-4,6-7,13H,5,9,19H2. The first-order valence-corrected chi connectivity index (χ1v) is 6.37. The van der Waals surface area contributed by atoms with Crippen LogP contribution in [0.3, 0.4) is 0 Å². The van der Waals surface area contributed by atoms with Crippen molar-refractivity contribution in [3.05, 3.63) is 53.3 Å². The van der Waals surface area contributed by atoms with Gasteiger partial charge in [-0.3, -0.25) is 0 Å². The number of nitrogens with two attached hydrogens (primary N) is 1. The van der Waals surface area contributed by atoms with Gasteiger partial charge in [-0.25, -0.2) is 4.39 Å². The summed E-state index contributed by atoms with van der Waals surface area (Å²) in [6.45, 7) is 0.355. The van der Waals surface area contributed by atoms with E-state index < -0.39 is 6.04 Å². The SMILES string of the molecule is N#CC(N)Cc1ccc2c(c1)OCc1cc(F)ccc1-2. The van der Waals surface area contributed by atoms with Gasteiger partial charge in [-0.1, -0.05) is 18.2 Å². The molecule has 2 aromatic carbocycles. The molecule has 3 rings (SSSR count). The van der Waals surface area contributed by atoms with Crippen molar-refractivity contribution in [2.45, 2.75) is 19.1 Å². The van der Waals surface area contributed by atoms with Gasteiger partial charge in [0.2, 0.25) is 0 Å². The largest absolute Gasteiger partial charge is 0.488 e. The molecule has 1 atom stereocenters. The lowest BCUT2D eigenvalue weighted by atomic mass is 9.95. The highest BCUT2D eigenvalue weighted by Crippen LogP contribution is 2.38. The van der Waals surface area contributed by atoms with E-state index in [1.54, 1.807) is 6.07 Å². The van der Waals surface area contributed by atoms with E-state index in [1.807, 2.05) is 24.3 Å². The molecule has 0 bridgehead atoms. The second-order valence-electron chi connectivity index (χ2n) is 4.86. The van der Waals surface area contributed by atoms with E-state index >= 15 is 0 Å². The summed E-state index contributed by atoms with van der Waals surface area (Å²) in [5.41, 5.74) is 9.37. The summed E-state index contributed by atoms with van der Waals surface area (Å²) in [5.74, 6) is 0.499. The fourth-order valence-corrected chi connectivity index (χ4v) is 2.44. The van der Waals surface area contributed by atoms with Crippen molar-refractivity contribution in [1.29, 1.82) is 5.26 Å². The third-order valence-electron chi connectivity index (χ3n) is 3.41. The molecule has 2 aromatic rings. The first-order valence-electron chi connectivity index (χ1n) is 6.37. The van der Waals surface area contributed by atoms with Crippen LogP contribution in [0.5, 0.6) is 5.75 Å². The van der Waals surface area contributed by atoms with E-state index in [9.17, 15) is 4.39 Å². The van der Waals surface area contributed by atoms with Gasteiger partial charge < -0.3 is 10.5 Å². The predicted octanol–water partition coefficient (Wildman–Crippen LogP) is 2.78. The van der Waals surface area contributed by atoms with Crippen molar-refractivity contribution >= 4 is 0 Å². The maximum atomic E-state index is 13.2. The molecule has 0 aromatic heterocycles. The molecule has 0 amide bonds. The van der Waals surface area contributed by atoms with Gasteiger partial charge in [-0.05, 0) is 29.3 Å². The Kier molecular flexibility index (Phi) is 3.13. The van der Waals surface area contributed by atoms with Gasteiger partial charge in [0, 0.05) is 17.5 Å². The fraction of sp³-hybridized carbons (Fsp3) is 0.188. The number of fused-ring (bicyclic) bond motifs is 3. The summed E-state index contributed by atoms with van der Waals surface area (Å²) in [5, 5.41) is 8.75. The van der Waals surface area contributed by atoms with Crippen LogP contribution in [0.4, 0.5) is 4.39 Å². The Morgan fingerprint density at radius 1 is 1.25 bits per heavy atom. The molecule has 0 saturated heterocycles. The molecule has 0 radical (unpaired) electrons. The highest BCUT2D eigenvalue weighted by atomic mass is 19.1. The van der Waals surface area contributed by atoms with Gasteiger partial charge in [0.15, 0.2) is 0 Å². The molecule has 1 aliphatic heterocycles. The third kappa shape index (κ3) is 2.24. The van der Waals surface area contributed by atoms with Gasteiger partial charge in [0.1, 0.15) is 18.2 Å². The summed E-state index contributed by atoms with van der Waals surface area (Å²) >= 11 is 0. The first kappa shape index (κ1) is 12.6. The van der Waals surface area contributed by atoms with Gasteiger partial charge in [-0.2, -0.15) is 5.26 Å². The van der Waals surface area contributed by atoms with Crippen LogP contribution < -0.4 is 10.5 Å². The zero-order valence-corrected chi connectivity index (χ0v) is 10.8. The minimum Gasteiger partial charge on any atom is -0.488 e. The van der Waals surface area contributed by atoms with Gasteiger partial charge in [-0.15, -0.1) is 0 Å². The Labute approximate surface area is 116 Å². The average Bonchev–Trinajstić information content (AvgIpc) is 2.46. The van der Waals surface area contributed by atoms with Crippen molar-refractivity contribution in [3.8, 4) is 22.9 Å². The molecule has 1 heterocycles. The summed E-state index contributed by atoms with van der Waals surface area (Å²) in [4.78, 5) is 0. The minimum atomic E-state index is -0.516. The summed E-state index contributed by atoms with van der Waals surface area (Å²) in [6, 6.07) is 12.0. The van der Waals surface area contributed by atoms with Crippen LogP contribution in [0.15, 0.2) is 36.4 Å². The number of nitriles is 1. The van der Waals surface area contributed by atoms with Crippen molar-refractivity contribution in [3.63, 3.8) is 0 Å². The molecule has 1 aliphatic rings. The van der Waals surface area contributed by atoms with Crippen LogP contribution >= 0.6 is 0 Å². The molecule has 0 spiro atoms. The smallest absolute Gasteiger partial charge is 0.127 e. The van der Waals surface area contributed by atoms with E-state index in [2.05, 4.69) is 0 Å². The van der Waals surface area contributed by atoms with Crippen LogP contribution in [0.25, 0.3) is 11.1 Å². The molecule has 100 valence electrons. The molecule has 3 nitrogen and oxygen atoms in total. The molecule has 0 aliphatic carbocycles. The van der Waals surface area contributed by atoms with E-state index in [4.69, 9.17) is 15.7 Å². The number of nitrogens with zero attached hydrogens (tertiary/aromatic N) is 1. The molecule has 1 unspecified atom stereocenters. The molecule has 2 N–H and O–H groups in total. The third-order valence-corrected chi connectivity index (χ3v) is 3.41. The Morgan fingerprint density at radius 2 is 2.05 bits per heavy atom. The number of ether oxygens (including phenoxy) is 1. The van der Waals surface area contributed by atoms with Crippen molar-refractivity contribution in [2.24, 2.45) is 5.73 Å². The normalized spacial score (nSPS) is 13.7. The Bertz CT molecular complexity index is 706. The highest BCUT2D eigenvalue weighted by molar-refractivity contribution is 5.75. The van der Waals surface area contributed by atoms with Crippen LogP contribution in [-0.4, -0.2) is 6.04 Å². The predicted molar refractivity (Wildman–Crippen MR) is 73.5 cm³/mol.